The number of piperazine rings is 1. The maximum atomic E-state index is 12.6. The summed E-state index contributed by atoms with van der Waals surface area (Å²) in [6.07, 6.45) is 1.82. The Morgan fingerprint density at radius 1 is 1.15 bits per heavy atom. The Bertz CT molecular complexity index is 1040. The molecule has 0 saturated carbocycles. The molecule has 0 aromatic heterocycles. The third-order valence-electron chi connectivity index (χ3n) is 5.40. The van der Waals surface area contributed by atoms with Crippen molar-refractivity contribution in [2.75, 3.05) is 55.3 Å². The van der Waals surface area contributed by atoms with Crippen molar-refractivity contribution in [3.05, 3.63) is 72.6 Å². The van der Waals surface area contributed by atoms with Crippen LogP contribution in [0.4, 0.5) is 21.9 Å². The molecule has 2 aromatic rings. The standard InChI is InChI=1S/C25H32N6O3/c1-18(12-15-30(3)19(2)24(26)32)34-21-10-8-20(9-11-21)28-25(33)29-22-6-4-5-7-23(22)31-16-13-27-14-17-31/h4-12,27H,2,13-17H2,1,3H3,(H2,26,32)(H2,28,29,33)/b18-12+. The van der Waals surface area contributed by atoms with Gasteiger partial charge >= 0.3 is 6.03 Å². The van der Waals surface area contributed by atoms with Gasteiger partial charge in [-0.25, -0.2) is 4.79 Å². The molecule has 0 unspecified atom stereocenters. The third-order valence-corrected chi connectivity index (χ3v) is 5.40. The molecule has 1 fully saturated rings. The highest BCUT2D eigenvalue weighted by atomic mass is 16.5. The normalized spacial score (nSPS) is 13.7. The third kappa shape index (κ3) is 7.01. The molecule has 0 bridgehead atoms. The van der Waals surface area contributed by atoms with Crippen molar-refractivity contribution in [3.8, 4) is 5.75 Å². The molecule has 0 atom stereocenters. The Balaban J connectivity index is 1.54. The number of amides is 3. The maximum Gasteiger partial charge on any atom is 0.323 e. The van der Waals surface area contributed by atoms with Crippen LogP contribution in [0.5, 0.6) is 5.75 Å². The molecule has 5 N–H and O–H groups in total. The van der Waals surface area contributed by atoms with Crippen LogP contribution in [0.15, 0.2) is 72.6 Å². The fourth-order valence-corrected chi connectivity index (χ4v) is 3.44. The van der Waals surface area contributed by atoms with Crippen molar-refractivity contribution in [1.82, 2.24) is 10.2 Å². The topological polar surface area (TPSA) is 112 Å². The first kappa shape index (κ1) is 24.7. The number of nitrogens with zero attached hydrogens (tertiary/aromatic N) is 2. The van der Waals surface area contributed by atoms with Gasteiger partial charge in [0.2, 0.25) is 0 Å². The van der Waals surface area contributed by atoms with Gasteiger partial charge in [-0.1, -0.05) is 18.7 Å². The van der Waals surface area contributed by atoms with Gasteiger partial charge in [0.05, 0.1) is 22.8 Å². The van der Waals surface area contributed by atoms with Crippen molar-refractivity contribution in [2.24, 2.45) is 5.73 Å². The van der Waals surface area contributed by atoms with Gasteiger partial charge in [0, 0.05) is 45.5 Å². The number of nitrogens with one attached hydrogen (secondary N) is 3. The Kier molecular flexibility index (Phi) is 8.53. The summed E-state index contributed by atoms with van der Waals surface area (Å²) in [6, 6.07) is 14.6. The summed E-state index contributed by atoms with van der Waals surface area (Å²) < 4.78 is 5.79. The molecule has 3 amide bonds. The molecule has 1 aliphatic rings. The van der Waals surface area contributed by atoms with Crippen LogP contribution in [-0.2, 0) is 4.79 Å². The molecule has 0 aliphatic carbocycles. The zero-order valence-corrected chi connectivity index (χ0v) is 19.6. The number of anilines is 3. The van der Waals surface area contributed by atoms with E-state index in [1.165, 1.54) is 0 Å². The summed E-state index contributed by atoms with van der Waals surface area (Å²) in [7, 11) is 1.73. The lowest BCUT2D eigenvalue weighted by Gasteiger charge is -2.31. The highest BCUT2D eigenvalue weighted by Gasteiger charge is 2.15. The number of carbonyl (C=O) groups is 2. The number of para-hydroxylation sites is 2. The molecule has 9 nitrogen and oxygen atoms in total. The Hall–Kier alpha value is -3.98. The second kappa shape index (κ2) is 11.8. The lowest BCUT2D eigenvalue weighted by molar-refractivity contribution is -0.115. The number of rotatable bonds is 9. The summed E-state index contributed by atoms with van der Waals surface area (Å²) >= 11 is 0. The SMILES string of the molecule is C=C(C(N)=O)N(C)C/C=C(\C)Oc1ccc(NC(=O)Nc2ccccc2N2CCNCC2)cc1. The number of carbonyl (C=O) groups excluding carboxylic acids is 2. The molecule has 9 heteroatoms. The van der Waals surface area contributed by atoms with E-state index in [4.69, 9.17) is 10.5 Å². The summed E-state index contributed by atoms with van der Waals surface area (Å²) in [6.45, 7) is 9.52. The van der Waals surface area contributed by atoms with E-state index in [0.717, 1.165) is 37.6 Å². The van der Waals surface area contributed by atoms with Crippen LogP contribution in [0.1, 0.15) is 6.92 Å². The lowest BCUT2D eigenvalue weighted by atomic mass is 10.2. The van der Waals surface area contributed by atoms with Gasteiger partial charge in [0.25, 0.3) is 5.91 Å². The zero-order chi connectivity index (χ0) is 24.5. The summed E-state index contributed by atoms with van der Waals surface area (Å²) in [4.78, 5) is 27.7. The monoisotopic (exact) mass is 464 g/mol. The van der Waals surface area contributed by atoms with Gasteiger partial charge in [0.1, 0.15) is 5.75 Å². The molecule has 1 heterocycles. The average Bonchev–Trinajstić information content (AvgIpc) is 2.84. The van der Waals surface area contributed by atoms with Crippen LogP contribution in [0.25, 0.3) is 0 Å². The highest BCUT2D eigenvalue weighted by Crippen LogP contribution is 2.26. The minimum Gasteiger partial charge on any atom is -0.462 e. The van der Waals surface area contributed by atoms with E-state index in [0.29, 0.717) is 23.7 Å². The predicted molar refractivity (Wildman–Crippen MR) is 136 cm³/mol. The first-order chi connectivity index (χ1) is 16.3. The average molecular weight is 465 g/mol. The van der Waals surface area contributed by atoms with E-state index < -0.39 is 5.91 Å². The van der Waals surface area contributed by atoms with Crippen LogP contribution >= 0.6 is 0 Å². The molecule has 1 aliphatic heterocycles. The van der Waals surface area contributed by atoms with Gasteiger partial charge in [-0.15, -0.1) is 0 Å². The van der Waals surface area contributed by atoms with E-state index in [1.54, 1.807) is 36.2 Å². The highest BCUT2D eigenvalue weighted by molar-refractivity contribution is 6.01. The number of primary amides is 1. The van der Waals surface area contributed by atoms with Crippen molar-refractivity contribution in [2.45, 2.75) is 6.92 Å². The van der Waals surface area contributed by atoms with Crippen LogP contribution in [0, 0.1) is 0 Å². The van der Waals surface area contributed by atoms with Crippen molar-refractivity contribution in [1.29, 1.82) is 0 Å². The number of urea groups is 1. The van der Waals surface area contributed by atoms with Gasteiger partial charge in [-0.3, -0.25) is 4.79 Å². The molecule has 0 spiro atoms. The van der Waals surface area contributed by atoms with E-state index >= 15 is 0 Å². The molecule has 0 radical (unpaired) electrons. The second-order valence-corrected chi connectivity index (χ2v) is 7.97. The van der Waals surface area contributed by atoms with E-state index in [1.807, 2.05) is 37.3 Å². The molecule has 2 aromatic carbocycles. The van der Waals surface area contributed by atoms with E-state index in [-0.39, 0.29) is 11.7 Å². The predicted octanol–water partition coefficient (Wildman–Crippen LogP) is 2.95. The fourth-order valence-electron chi connectivity index (χ4n) is 3.44. The summed E-state index contributed by atoms with van der Waals surface area (Å²) in [5.74, 6) is 0.723. The van der Waals surface area contributed by atoms with Gasteiger partial charge < -0.3 is 36.2 Å². The quantitative estimate of drug-likeness (QED) is 0.335. The Morgan fingerprint density at radius 2 is 1.82 bits per heavy atom. The minimum absolute atomic E-state index is 0.230. The van der Waals surface area contributed by atoms with Crippen LogP contribution in [0.3, 0.4) is 0 Å². The zero-order valence-electron chi connectivity index (χ0n) is 19.6. The van der Waals surface area contributed by atoms with Crippen LogP contribution < -0.4 is 31.3 Å². The van der Waals surface area contributed by atoms with Crippen molar-refractivity contribution < 1.29 is 14.3 Å². The number of likely N-dealkylation sites (N-methyl/N-ethyl adjacent to an activating group) is 1. The van der Waals surface area contributed by atoms with Gasteiger partial charge in [0.15, 0.2) is 0 Å². The second-order valence-electron chi connectivity index (χ2n) is 7.97. The number of benzene rings is 2. The molecule has 3 rings (SSSR count). The molecular weight excluding hydrogens is 432 g/mol. The summed E-state index contributed by atoms with van der Waals surface area (Å²) in [5, 5.41) is 9.14. The smallest absolute Gasteiger partial charge is 0.323 e. The summed E-state index contributed by atoms with van der Waals surface area (Å²) in [5.41, 5.74) is 7.88. The largest absolute Gasteiger partial charge is 0.462 e. The minimum atomic E-state index is -0.561. The van der Waals surface area contributed by atoms with Crippen LogP contribution in [0.2, 0.25) is 0 Å². The van der Waals surface area contributed by atoms with E-state index in [9.17, 15) is 9.59 Å². The number of hydrogen-bond donors (Lipinski definition) is 4. The van der Waals surface area contributed by atoms with Gasteiger partial charge in [-0.05, 0) is 49.4 Å². The number of allylic oxidation sites excluding steroid dienone is 1. The Morgan fingerprint density at radius 3 is 2.50 bits per heavy atom. The first-order valence-corrected chi connectivity index (χ1v) is 11.1. The molecule has 34 heavy (non-hydrogen) atoms. The first-order valence-electron chi connectivity index (χ1n) is 11.1. The van der Waals surface area contributed by atoms with Crippen molar-refractivity contribution in [3.63, 3.8) is 0 Å². The fraction of sp³-hybridized carbons (Fsp3) is 0.280. The molecular formula is C25H32N6O3. The molecule has 180 valence electrons. The molecule has 1 saturated heterocycles. The van der Waals surface area contributed by atoms with Crippen LogP contribution in [-0.4, -0.2) is 56.6 Å². The van der Waals surface area contributed by atoms with E-state index in [2.05, 4.69) is 27.4 Å². The number of hydrogen-bond acceptors (Lipinski definition) is 6. The Labute approximate surface area is 200 Å². The van der Waals surface area contributed by atoms with Gasteiger partial charge in [-0.2, -0.15) is 0 Å². The number of ether oxygens (including phenoxy) is 1. The number of nitrogens with two attached hydrogens (primary N) is 1. The lowest BCUT2D eigenvalue weighted by Crippen LogP contribution is -2.43. The maximum absolute atomic E-state index is 12.6. The van der Waals surface area contributed by atoms with Crippen molar-refractivity contribution >= 4 is 29.0 Å².